The quantitative estimate of drug-likeness (QED) is 0.238. The Balaban J connectivity index is 1.23. The minimum absolute atomic E-state index is 0.427. The summed E-state index contributed by atoms with van der Waals surface area (Å²) in [5.74, 6) is 2.34. The Morgan fingerprint density at radius 1 is 0.975 bits per heavy atom. The molecule has 9 heteroatoms. The number of benzene rings is 1. The first-order valence-electron chi connectivity index (χ1n) is 14.5. The van der Waals surface area contributed by atoms with E-state index in [4.69, 9.17) is 15.0 Å². The van der Waals surface area contributed by atoms with E-state index in [0.29, 0.717) is 17.6 Å². The maximum absolute atomic E-state index is 9.24. The number of hydrogen-bond donors (Lipinski definition) is 2. The van der Waals surface area contributed by atoms with E-state index in [-0.39, 0.29) is 0 Å². The summed E-state index contributed by atoms with van der Waals surface area (Å²) >= 11 is 1.60. The van der Waals surface area contributed by atoms with Gasteiger partial charge in [-0.25, -0.2) is 9.97 Å². The van der Waals surface area contributed by atoms with E-state index in [1.165, 1.54) is 51.4 Å². The minimum atomic E-state index is 0.427. The van der Waals surface area contributed by atoms with Gasteiger partial charge in [-0.15, -0.1) is 0 Å². The molecule has 1 saturated heterocycles. The molecule has 1 aliphatic heterocycles. The molecule has 2 fully saturated rings. The lowest BCUT2D eigenvalue weighted by molar-refractivity contribution is 0.218. The number of nitrogens with one attached hydrogen (secondary N) is 2. The normalized spacial score (nSPS) is 19.8. The van der Waals surface area contributed by atoms with Crippen molar-refractivity contribution in [3.8, 4) is 17.2 Å². The summed E-state index contributed by atoms with van der Waals surface area (Å²) in [5.41, 5.74) is 4.45. The Bertz CT molecular complexity index is 1490. The van der Waals surface area contributed by atoms with Gasteiger partial charge in [-0.2, -0.15) is 10.2 Å². The molecule has 0 spiro atoms. The van der Waals surface area contributed by atoms with Crippen molar-refractivity contribution in [1.82, 2.24) is 24.8 Å². The van der Waals surface area contributed by atoms with Gasteiger partial charge >= 0.3 is 0 Å². The lowest BCUT2D eigenvalue weighted by Crippen LogP contribution is -2.30. The third-order valence-corrected chi connectivity index (χ3v) is 9.13. The standard InChI is InChI=1S/C31H36N8S/c1-2-21-6-9-25(10-7-21)34-30-35-26(20-39-12-4-3-5-13-39)16-29(37-30)38-31-36-27-11-8-23(15-28(27)40-31)24-14-22(17-32)18-33-19-24/h8,11,14-16,18-19,21,25H,2-7,9-10,12-13,20H2,1H3,(H2,34,35,36,37,38). The summed E-state index contributed by atoms with van der Waals surface area (Å²) in [6.45, 7) is 5.40. The molecule has 40 heavy (non-hydrogen) atoms. The highest BCUT2D eigenvalue weighted by molar-refractivity contribution is 7.22. The van der Waals surface area contributed by atoms with Crippen LogP contribution in [0.2, 0.25) is 0 Å². The molecule has 2 aliphatic rings. The number of piperidine rings is 1. The average molecular weight is 553 g/mol. The Morgan fingerprint density at radius 3 is 2.62 bits per heavy atom. The third-order valence-electron chi connectivity index (χ3n) is 8.19. The highest BCUT2D eigenvalue weighted by Crippen LogP contribution is 2.33. The van der Waals surface area contributed by atoms with Gasteiger partial charge in [0.15, 0.2) is 5.13 Å². The second kappa shape index (κ2) is 12.3. The second-order valence-electron chi connectivity index (χ2n) is 11.1. The predicted octanol–water partition coefficient (Wildman–Crippen LogP) is 7.13. The molecule has 2 N–H and O–H groups in total. The van der Waals surface area contributed by atoms with Crippen molar-refractivity contribution >= 4 is 38.5 Å². The molecule has 0 unspecified atom stereocenters. The number of nitriles is 1. The molecule has 206 valence electrons. The number of fused-ring (bicyclic) bond motifs is 1. The van der Waals surface area contributed by atoms with E-state index in [1.807, 2.05) is 18.2 Å². The van der Waals surface area contributed by atoms with Crippen LogP contribution in [0.3, 0.4) is 0 Å². The van der Waals surface area contributed by atoms with Crippen LogP contribution in [0, 0.1) is 17.2 Å². The van der Waals surface area contributed by atoms with Crippen molar-refractivity contribution in [2.75, 3.05) is 23.7 Å². The number of aromatic nitrogens is 4. The number of pyridine rings is 1. The van der Waals surface area contributed by atoms with Crippen LogP contribution in [0.15, 0.2) is 42.7 Å². The summed E-state index contributed by atoms with van der Waals surface area (Å²) in [7, 11) is 0. The lowest BCUT2D eigenvalue weighted by Gasteiger charge is -2.29. The number of anilines is 3. The molecular formula is C31H36N8S. The molecule has 6 rings (SSSR count). The number of hydrogen-bond acceptors (Lipinski definition) is 9. The number of nitrogens with zero attached hydrogens (tertiary/aromatic N) is 6. The fourth-order valence-corrected chi connectivity index (χ4v) is 6.79. The van der Waals surface area contributed by atoms with Crippen molar-refractivity contribution in [2.24, 2.45) is 5.92 Å². The van der Waals surface area contributed by atoms with E-state index < -0.39 is 0 Å². The lowest BCUT2D eigenvalue weighted by atomic mass is 9.85. The third kappa shape index (κ3) is 6.40. The first-order chi connectivity index (χ1) is 19.6. The van der Waals surface area contributed by atoms with Crippen LogP contribution >= 0.6 is 11.3 Å². The van der Waals surface area contributed by atoms with E-state index in [0.717, 1.165) is 63.5 Å². The zero-order valence-corrected chi connectivity index (χ0v) is 23.9. The summed E-state index contributed by atoms with van der Waals surface area (Å²) in [5, 5.41) is 17.2. The molecule has 0 radical (unpaired) electrons. The molecule has 4 heterocycles. The van der Waals surface area contributed by atoms with Crippen LogP contribution in [0.5, 0.6) is 0 Å². The maximum atomic E-state index is 9.24. The van der Waals surface area contributed by atoms with E-state index in [1.54, 1.807) is 23.7 Å². The fraction of sp³-hybridized carbons (Fsp3) is 0.452. The van der Waals surface area contributed by atoms with Crippen LogP contribution < -0.4 is 10.6 Å². The van der Waals surface area contributed by atoms with E-state index in [9.17, 15) is 5.26 Å². The zero-order valence-electron chi connectivity index (χ0n) is 23.1. The van der Waals surface area contributed by atoms with Gasteiger partial charge in [0.1, 0.15) is 11.9 Å². The summed E-state index contributed by atoms with van der Waals surface area (Å²) in [6.07, 6.45) is 13.4. The molecule has 1 aliphatic carbocycles. The monoisotopic (exact) mass is 552 g/mol. The van der Waals surface area contributed by atoms with Crippen molar-refractivity contribution in [2.45, 2.75) is 70.9 Å². The van der Waals surface area contributed by atoms with Crippen molar-refractivity contribution in [3.05, 3.63) is 54.0 Å². The molecular weight excluding hydrogens is 516 g/mol. The molecule has 8 nitrogen and oxygen atoms in total. The van der Waals surface area contributed by atoms with Gasteiger partial charge in [-0.3, -0.25) is 9.88 Å². The van der Waals surface area contributed by atoms with Gasteiger partial charge in [0.2, 0.25) is 5.95 Å². The Morgan fingerprint density at radius 2 is 1.82 bits per heavy atom. The van der Waals surface area contributed by atoms with E-state index in [2.05, 4.69) is 45.6 Å². The van der Waals surface area contributed by atoms with Gasteiger partial charge < -0.3 is 10.6 Å². The number of rotatable bonds is 8. The molecule has 0 bridgehead atoms. The Hall–Kier alpha value is -3.61. The van der Waals surface area contributed by atoms with Crippen LogP contribution in [0.1, 0.15) is 69.5 Å². The highest BCUT2D eigenvalue weighted by atomic mass is 32.1. The molecule has 0 amide bonds. The van der Waals surface area contributed by atoms with Crippen LogP contribution in [-0.4, -0.2) is 44.0 Å². The molecule has 0 atom stereocenters. The predicted molar refractivity (Wildman–Crippen MR) is 162 cm³/mol. The topological polar surface area (TPSA) is 103 Å². The minimum Gasteiger partial charge on any atom is -0.351 e. The SMILES string of the molecule is CCC1CCC(Nc2nc(CN3CCCCC3)cc(Nc3nc4ccc(-c5cncc(C#N)c5)cc4s3)n2)CC1. The fourth-order valence-electron chi connectivity index (χ4n) is 5.88. The average Bonchev–Trinajstić information content (AvgIpc) is 3.39. The van der Waals surface area contributed by atoms with Crippen molar-refractivity contribution in [3.63, 3.8) is 0 Å². The molecule has 1 saturated carbocycles. The number of likely N-dealkylation sites (tertiary alicyclic amines) is 1. The largest absolute Gasteiger partial charge is 0.351 e. The van der Waals surface area contributed by atoms with Crippen molar-refractivity contribution in [1.29, 1.82) is 5.26 Å². The molecule has 1 aromatic carbocycles. The van der Waals surface area contributed by atoms with Gasteiger partial charge in [-0.05, 0) is 81.3 Å². The van der Waals surface area contributed by atoms with Gasteiger partial charge in [-0.1, -0.05) is 37.2 Å². The maximum Gasteiger partial charge on any atom is 0.225 e. The highest BCUT2D eigenvalue weighted by Gasteiger charge is 2.21. The molecule has 3 aromatic heterocycles. The number of thiazole rings is 1. The van der Waals surface area contributed by atoms with Crippen LogP contribution in [0.4, 0.5) is 16.9 Å². The Labute approximate surface area is 239 Å². The first-order valence-corrected chi connectivity index (χ1v) is 15.4. The van der Waals surface area contributed by atoms with Crippen LogP contribution in [-0.2, 0) is 6.54 Å². The summed E-state index contributed by atoms with van der Waals surface area (Å²) in [4.78, 5) is 21.4. The van der Waals surface area contributed by atoms with Crippen molar-refractivity contribution < 1.29 is 0 Å². The summed E-state index contributed by atoms with van der Waals surface area (Å²) < 4.78 is 1.07. The first kappa shape index (κ1) is 26.6. The van der Waals surface area contributed by atoms with Crippen LogP contribution in [0.25, 0.3) is 21.3 Å². The smallest absolute Gasteiger partial charge is 0.225 e. The van der Waals surface area contributed by atoms with Gasteiger partial charge in [0.05, 0.1) is 21.5 Å². The second-order valence-corrected chi connectivity index (χ2v) is 12.1. The summed E-state index contributed by atoms with van der Waals surface area (Å²) in [6, 6.07) is 12.7. The van der Waals surface area contributed by atoms with Gasteiger partial charge in [0, 0.05) is 36.6 Å². The molecule has 4 aromatic rings. The zero-order chi connectivity index (χ0) is 27.3. The Kier molecular flexibility index (Phi) is 8.17. The van der Waals surface area contributed by atoms with E-state index >= 15 is 0 Å². The van der Waals surface area contributed by atoms with Gasteiger partial charge in [0.25, 0.3) is 0 Å².